The fourth-order valence-corrected chi connectivity index (χ4v) is 4.30. The van der Waals surface area contributed by atoms with Gasteiger partial charge in [-0.2, -0.15) is 0 Å². The first-order valence-electron chi connectivity index (χ1n) is 10.1. The van der Waals surface area contributed by atoms with E-state index in [0.717, 1.165) is 23.8 Å². The molecule has 0 bridgehead atoms. The van der Waals surface area contributed by atoms with E-state index in [1.54, 1.807) is 0 Å². The first-order chi connectivity index (χ1) is 14.3. The van der Waals surface area contributed by atoms with Crippen LogP contribution in [0.1, 0.15) is 56.8 Å². The minimum Gasteiger partial charge on any atom is -0.366 e. The number of carbonyl (C=O) groups is 4. The van der Waals surface area contributed by atoms with Crippen molar-refractivity contribution in [3.8, 4) is 0 Å². The molecule has 1 heterocycles. The Bertz CT molecular complexity index is 949. The van der Waals surface area contributed by atoms with Crippen LogP contribution < -0.4 is 16.4 Å². The molecule has 1 saturated heterocycles. The number of rotatable bonds is 4. The smallest absolute Gasteiger partial charge is 0.325 e. The summed E-state index contributed by atoms with van der Waals surface area (Å²) in [6, 6.07) is 0.504. The minimum absolute atomic E-state index is 0.0931. The number of nitrogens with two attached hydrogens (primary N) is 1. The standard InChI is InChI=1S/C21H26F2N4O4/c1-20(2,3)11-4-6-21(7-5-11)18(30)27(19(31)26-21)10-16(28)25-15-8-12(17(24)29)13(22)9-14(15)23/h8-9,11H,4-7,10H2,1-3H3,(H2,24,29)(H,25,28)(H,26,31). The summed E-state index contributed by atoms with van der Waals surface area (Å²) in [7, 11) is 0. The van der Waals surface area contributed by atoms with Gasteiger partial charge in [0.25, 0.3) is 11.8 Å². The summed E-state index contributed by atoms with van der Waals surface area (Å²) in [5.41, 5.74) is 3.02. The molecule has 1 saturated carbocycles. The van der Waals surface area contributed by atoms with E-state index < -0.39 is 58.7 Å². The molecule has 168 valence electrons. The van der Waals surface area contributed by atoms with Crippen molar-refractivity contribution in [3.05, 3.63) is 29.3 Å². The Kier molecular flexibility index (Phi) is 5.77. The summed E-state index contributed by atoms with van der Waals surface area (Å²) in [5.74, 6) is -4.35. The molecule has 5 amide bonds. The summed E-state index contributed by atoms with van der Waals surface area (Å²) in [6.45, 7) is 5.77. The van der Waals surface area contributed by atoms with E-state index in [2.05, 4.69) is 31.4 Å². The molecule has 31 heavy (non-hydrogen) atoms. The van der Waals surface area contributed by atoms with Gasteiger partial charge < -0.3 is 16.4 Å². The lowest BCUT2D eigenvalue weighted by molar-refractivity contribution is -0.135. The Morgan fingerprint density at radius 3 is 2.35 bits per heavy atom. The molecule has 0 unspecified atom stereocenters. The topological polar surface area (TPSA) is 122 Å². The van der Waals surface area contributed by atoms with Crippen LogP contribution in [-0.4, -0.2) is 40.7 Å². The highest BCUT2D eigenvalue weighted by Gasteiger charge is 2.53. The zero-order valence-electron chi connectivity index (χ0n) is 17.7. The fraction of sp³-hybridized carbons (Fsp3) is 0.524. The molecule has 2 aliphatic rings. The minimum atomic E-state index is -1.16. The maximum absolute atomic E-state index is 14.0. The van der Waals surface area contributed by atoms with Gasteiger partial charge in [-0.1, -0.05) is 20.8 Å². The van der Waals surface area contributed by atoms with E-state index in [1.165, 1.54) is 0 Å². The van der Waals surface area contributed by atoms with Crippen LogP contribution >= 0.6 is 0 Å². The number of benzene rings is 1. The van der Waals surface area contributed by atoms with Crippen molar-refractivity contribution in [1.29, 1.82) is 0 Å². The second kappa shape index (κ2) is 7.90. The number of urea groups is 1. The Morgan fingerprint density at radius 2 is 1.81 bits per heavy atom. The third kappa shape index (κ3) is 4.38. The number of nitrogens with one attached hydrogen (secondary N) is 2. The zero-order chi connectivity index (χ0) is 23.1. The summed E-state index contributed by atoms with van der Waals surface area (Å²) in [4.78, 5) is 49.8. The molecule has 1 spiro atoms. The van der Waals surface area contributed by atoms with Crippen LogP contribution in [0.2, 0.25) is 0 Å². The Balaban J connectivity index is 1.69. The van der Waals surface area contributed by atoms with E-state index in [4.69, 9.17) is 5.73 Å². The summed E-state index contributed by atoms with van der Waals surface area (Å²) >= 11 is 0. The van der Waals surface area contributed by atoms with E-state index >= 15 is 0 Å². The SMILES string of the molecule is CC(C)(C)C1CCC2(CC1)NC(=O)N(CC(=O)Nc1cc(C(N)=O)c(F)cc1F)C2=O. The van der Waals surface area contributed by atoms with Gasteiger partial charge in [0.1, 0.15) is 23.7 Å². The number of carbonyl (C=O) groups excluding carboxylic acids is 4. The molecule has 2 fully saturated rings. The fourth-order valence-electron chi connectivity index (χ4n) is 4.30. The molecule has 1 aromatic rings. The predicted octanol–water partition coefficient (Wildman–Crippen LogP) is 2.53. The van der Waals surface area contributed by atoms with Crippen molar-refractivity contribution in [2.75, 3.05) is 11.9 Å². The third-order valence-corrected chi connectivity index (χ3v) is 6.21. The zero-order valence-corrected chi connectivity index (χ0v) is 17.7. The quantitative estimate of drug-likeness (QED) is 0.628. The molecule has 0 radical (unpaired) electrons. The average Bonchev–Trinajstić information content (AvgIpc) is 2.87. The van der Waals surface area contributed by atoms with Gasteiger partial charge in [0, 0.05) is 6.07 Å². The Morgan fingerprint density at radius 1 is 1.19 bits per heavy atom. The van der Waals surface area contributed by atoms with Crippen LogP contribution in [0.4, 0.5) is 19.3 Å². The maximum atomic E-state index is 14.0. The average molecular weight is 436 g/mol. The van der Waals surface area contributed by atoms with Gasteiger partial charge in [0.15, 0.2) is 0 Å². The molecule has 1 aliphatic heterocycles. The molecule has 0 aromatic heterocycles. The third-order valence-electron chi connectivity index (χ3n) is 6.21. The van der Waals surface area contributed by atoms with E-state index in [-0.39, 0.29) is 5.41 Å². The molecule has 8 nitrogen and oxygen atoms in total. The number of anilines is 1. The number of hydrogen-bond acceptors (Lipinski definition) is 4. The van der Waals surface area contributed by atoms with Gasteiger partial charge in [0.05, 0.1) is 11.3 Å². The highest BCUT2D eigenvalue weighted by Crippen LogP contribution is 2.43. The van der Waals surface area contributed by atoms with Crippen LogP contribution in [-0.2, 0) is 9.59 Å². The second-order valence-electron chi connectivity index (χ2n) is 9.27. The summed E-state index contributed by atoms with van der Waals surface area (Å²) in [6.07, 6.45) is 2.50. The summed E-state index contributed by atoms with van der Waals surface area (Å²) < 4.78 is 27.6. The molecule has 3 rings (SSSR count). The largest absolute Gasteiger partial charge is 0.366 e. The van der Waals surface area contributed by atoms with Crippen molar-refractivity contribution in [2.45, 2.75) is 52.0 Å². The molecule has 4 N–H and O–H groups in total. The van der Waals surface area contributed by atoms with Crippen LogP contribution in [0.3, 0.4) is 0 Å². The first kappa shape index (κ1) is 22.6. The summed E-state index contributed by atoms with van der Waals surface area (Å²) in [5, 5.41) is 4.88. The van der Waals surface area contributed by atoms with Crippen LogP contribution in [0.15, 0.2) is 12.1 Å². The van der Waals surface area contributed by atoms with Crippen LogP contribution in [0.25, 0.3) is 0 Å². The molecule has 1 aliphatic carbocycles. The number of nitrogens with zero attached hydrogens (tertiary/aromatic N) is 1. The van der Waals surface area contributed by atoms with Crippen molar-refractivity contribution in [3.63, 3.8) is 0 Å². The number of imide groups is 1. The highest BCUT2D eigenvalue weighted by atomic mass is 19.1. The maximum Gasteiger partial charge on any atom is 0.325 e. The molecule has 1 aromatic carbocycles. The normalized spacial score (nSPS) is 23.8. The molecular weight excluding hydrogens is 410 g/mol. The van der Waals surface area contributed by atoms with Gasteiger partial charge in [-0.05, 0) is 43.1 Å². The van der Waals surface area contributed by atoms with Gasteiger partial charge in [-0.25, -0.2) is 13.6 Å². The predicted molar refractivity (Wildman–Crippen MR) is 108 cm³/mol. The molecular formula is C21H26F2N4O4. The van der Waals surface area contributed by atoms with Gasteiger partial charge in [-0.3, -0.25) is 19.3 Å². The number of primary amides is 1. The van der Waals surface area contributed by atoms with Gasteiger partial charge >= 0.3 is 6.03 Å². The molecule has 10 heteroatoms. The lowest BCUT2D eigenvalue weighted by Gasteiger charge is -2.40. The Labute approximate surface area is 178 Å². The monoisotopic (exact) mass is 436 g/mol. The number of hydrogen-bond donors (Lipinski definition) is 3. The van der Waals surface area contributed by atoms with Crippen molar-refractivity contribution < 1.29 is 28.0 Å². The van der Waals surface area contributed by atoms with E-state index in [0.29, 0.717) is 24.8 Å². The van der Waals surface area contributed by atoms with Crippen molar-refractivity contribution >= 4 is 29.4 Å². The molecule has 0 atom stereocenters. The van der Waals surface area contributed by atoms with Crippen LogP contribution in [0.5, 0.6) is 0 Å². The van der Waals surface area contributed by atoms with Gasteiger partial charge in [-0.15, -0.1) is 0 Å². The van der Waals surface area contributed by atoms with Crippen molar-refractivity contribution in [1.82, 2.24) is 10.2 Å². The van der Waals surface area contributed by atoms with Crippen molar-refractivity contribution in [2.24, 2.45) is 17.1 Å². The van der Waals surface area contributed by atoms with E-state index in [1.807, 2.05) is 0 Å². The Hall–Kier alpha value is -3.04. The lowest BCUT2D eigenvalue weighted by atomic mass is 9.67. The first-order valence-corrected chi connectivity index (χ1v) is 10.1. The number of halogens is 2. The second-order valence-corrected chi connectivity index (χ2v) is 9.27. The highest BCUT2D eigenvalue weighted by molar-refractivity contribution is 6.10. The lowest BCUT2D eigenvalue weighted by Crippen LogP contribution is -2.51. The van der Waals surface area contributed by atoms with Crippen LogP contribution in [0, 0.1) is 23.0 Å². The number of amides is 5. The van der Waals surface area contributed by atoms with Gasteiger partial charge in [0.2, 0.25) is 5.91 Å². The van der Waals surface area contributed by atoms with E-state index in [9.17, 15) is 28.0 Å².